The Labute approximate surface area is 390 Å². The van der Waals surface area contributed by atoms with Gasteiger partial charge >= 0.3 is 0 Å². The maximum absolute atomic E-state index is 5.72. The molecule has 10 rings (SSSR count). The molecular weight excluding hydrogens is 803 g/mol. The van der Waals surface area contributed by atoms with Crippen molar-refractivity contribution >= 4 is 43.6 Å². The number of fused-ring (bicyclic) bond motifs is 6. The van der Waals surface area contributed by atoms with Gasteiger partial charge in [0.25, 0.3) is 0 Å². The standard InChI is InChI=1S/C61H61N5/c1-58(2,3)40-32-28-38(29-33-40)43-23-19-24-44(39-30-34-41(35-31-39)59(4,5)6)53(43)55-62-56(65-50-25-16-13-20-45(50)46-21-14-17-26-51(46)65)64-57(63-55)66-52-27-18-15-22-47(52)48-36-42(60(7,8)9)37-49(54(48)66)61(10,11)12/h13-37H,1-12H3. The average molecular weight is 864 g/mol. The second-order valence-corrected chi connectivity index (χ2v) is 22.3. The van der Waals surface area contributed by atoms with Gasteiger partial charge in [0, 0.05) is 27.1 Å². The average Bonchev–Trinajstić information content (AvgIpc) is 3.80. The van der Waals surface area contributed by atoms with Gasteiger partial charge in [-0.25, -0.2) is 0 Å². The lowest BCUT2D eigenvalue weighted by molar-refractivity contribution is 0.571. The van der Waals surface area contributed by atoms with Crippen LogP contribution in [0.4, 0.5) is 0 Å². The zero-order valence-electron chi connectivity index (χ0n) is 40.7. The van der Waals surface area contributed by atoms with Crippen LogP contribution in [0.2, 0.25) is 0 Å². The number of aromatic nitrogens is 5. The van der Waals surface area contributed by atoms with Crippen molar-refractivity contribution in [1.29, 1.82) is 0 Å². The Bertz CT molecular complexity index is 3350. The highest BCUT2D eigenvalue weighted by Crippen LogP contribution is 2.44. The molecule has 0 amide bonds. The van der Waals surface area contributed by atoms with Gasteiger partial charge < -0.3 is 0 Å². The van der Waals surface area contributed by atoms with E-state index < -0.39 is 0 Å². The maximum Gasteiger partial charge on any atom is 0.240 e. The van der Waals surface area contributed by atoms with E-state index in [2.05, 4.69) is 244 Å². The second-order valence-electron chi connectivity index (χ2n) is 22.3. The molecule has 5 heteroatoms. The zero-order valence-corrected chi connectivity index (χ0v) is 40.7. The normalized spacial score (nSPS) is 12.8. The molecule has 10 aromatic rings. The maximum atomic E-state index is 5.72. The minimum Gasteiger partial charge on any atom is -0.278 e. The number of para-hydroxylation sites is 3. The fourth-order valence-electron chi connectivity index (χ4n) is 9.69. The molecule has 0 aliphatic rings. The lowest BCUT2D eigenvalue weighted by Crippen LogP contribution is -2.18. The smallest absolute Gasteiger partial charge is 0.240 e. The number of hydrogen-bond acceptors (Lipinski definition) is 3. The molecule has 0 bridgehead atoms. The Kier molecular flexibility index (Phi) is 10.0. The van der Waals surface area contributed by atoms with Gasteiger partial charge in [0.2, 0.25) is 11.9 Å². The monoisotopic (exact) mass is 863 g/mol. The minimum atomic E-state index is -0.199. The summed E-state index contributed by atoms with van der Waals surface area (Å²) in [7, 11) is 0. The first-order valence-corrected chi connectivity index (χ1v) is 23.5. The molecule has 3 aromatic heterocycles. The van der Waals surface area contributed by atoms with E-state index in [1.165, 1.54) is 33.0 Å². The number of hydrogen-bond donors (Lipinski definition) is 0. The van der Waals surface area contributed by atoms with Crippen molar-refractivity contribution in [2.24, 2.45) is 0 Å². The summed E-state index contributed by atoms with van der Waals surface area (Å²) in [6.45, 7) is 27.5. The lowest BCUT2D eigenvalue weighted by Gasteiger charge is -2.27. The summed E-state index contributed by atoms with van der Waals surface area (Å²) in [5.41, 5.74) is 14.4. The predicted octanol–water partition coefficient (Wildman–Crippen LogP) is 16.3. The van der Waals surface area contributed by atoms with Crippen LogP contribution in [0.1, 0.15) is 105 Å². The molecule has 0 atom stereocenters. The topological polar surface area (TPSA) is 48.5 Å². The van der Waals surface area contributed by atoms with Gasteiger partial charge in [-0.3, -0.25) is 9.13 Å². The zero-order chi connectivity index (χ0) is 46.5. The Morgan fingerprint density at radius 3 is 1.20 bits per heavy atom. The third-order valence-electron chi connectivity index (χ3n) is 13.4. The second kappa shape index (κ2) is 15.4. The van der Waals surface area contributed by atoms with Gasteiger partial charge in [0.15, 0.2) is 5.82 Å². The molecule has 7 aromatic carbocycles. The van der Waals surface area contributed by atoms with Gasteiger partial charge in [0.05, 0.1) is 22.1 Å². The van der Waals surface area contributed by atoms with Crippen molar-refractivity contribution in [3.05, 3.63) is 174 Å². The van der Waals surface area contributed by atoms with Crippen LogP contribution in [0.5, 0.6) is 0 Å². The highest BCUT2D eigenvalue weighted by Gasteiger charge is 2.29. The number of benzene rings is 7. The SMILES string of the molecule is CC(C)(C)c1ccc(-c2cccc(-c3ccc(C(C)(C)C)cc3)c2-c2nc(-n3c4ccccc4c4ccccc43)nc(-n3c4ccccc4c4cc(C(C)(C)C)cc(C(C)(C)C)c43)n2)cc1. The molecule has 5 nitrogen and oxygen atoms in total. The predicted molar refractivity (Wildman–Crippen MR) is 280 cm³/mol. The third-order valence-corrected chi connectivity index (χ3v) is 13.4. The minimum absolute atomic E-state index is 0.0141. The van der Waals surface area contributed by atoms with Crippen molar-refractivity contribution in [2.45, 2.75) is 105 Å². The summed E-state index contributed by atoms with van der Waals surface area (Å²) < 4.78 is 4.55. The summed E-state index contributed by atoms with van der Waals surface area (Å²) in [6.07, 6.45) is 0. The molecule has 0 spiro atoms. The largest absolute Gasteiger partial charge is 0.278 e. The van der Waals surface area contributed by atoms with Gasteiger partial charge in [-0.05, 0) is 90.4 Å². The Hall–Kier alpha value is -6.85. The third kappa shape index (κ3) is 7.39. The molecule has 330 valence electrons. The molecule has 0 N–H and O–H groups in total. The van der Waals surface area contributed by atoms with E-state index in [1.807, 2.05) is 0 Å². The number of nitrogens with zero attached hydrogens (tertiary/aromatic N) is 5. The molecule has 0 radical (unpaired) electrons. The van der Waals surface area contributed by atoms with Crippen LogP contribution >= 0.6 is 0 Å². The summed E-state index contributed by atoms with van der Waals surface area (Å²) >= 11 is 0. The van der Waals surface area contributed by atoms with Gasteiger partial charge in [-0.1, -0.05) is 210 Å². The lowest BCUT2D eigenvalue weighted by atomic mass is 9.79. The first kappa shape index (κ1) is 43.1. The van der Waals surface area contributed by atoms with Crippen molar-refractivity contribution < 1.29 is 0 Å². The summed E-state index contributed by atoms with van der Waals surface area (Å²) in [5.74, 6) is 1.75. The van der Waals surface area contributed by atoms with Crippen LogP contribution in [0.3, 0.4) is 0 Å². The Morgan fingerprint density at radius 1 is 0.348 bits per heavy atom. The van der Waals surface area contributed by atoms with E-state index in [0.29, 0.717) is 17.7 Å². The Balaban J connectivity index is 1.37. The van der Waals surface area contributed by atoms with Gasteiger partial charge in [-0.15, -0.1) is 0 Å². The van der Waals surface area contributed by atoms with Crippen molar-refractivity contribution in [3.8, 4) is 45.5 Å². The summed E-state index contributed by atoms with van der Waals surface area (Å²) in [5, 5.41) is 4.67. The molecule has 3 heterocycles. The molecule has 0 aliphatic heterocycles. The van der Waals surface area contributed by atoms with Crippen LogP contribution in [0, 0.1) is 0 Å². The van der Waals surface area contributed by atoms with E-state index in [1.54, 1.807) is 0 Å². The van der Waals surface area contributed by atoms with Crippen LogP contribution in [-0.4, -0.2) is 24.1 Å². The van der Waals surface area contributed by atoms with Crippen molar-refractivity contribution in [3.63, 3.8) is 0 Å². The van der Waals surface area contributed by atoms with Gasteiger partial charge in [-0.2, -0.15) is 15.0 Å². The Morgan fingerprint density at radius 2 is 0.758 bits per heavy atom. The first-order valence-electron chi connectivity index (χ1n) is 23.5. The fourth-order valence-corrected chi connectivity index (χ4v) is 9.69. The molecular formula is C61H61N5. The summed E-state index contributed by atoms with van der Waals surface area (Å²) in [6, 6.07) is 55.5. The van der Waals surface area contributed by atoms with E-state index in [9.17, 15) is 0 Å². The van der Waals surface area contributed by atoms with Crippen LogP contribution in [0.25, 0.3) is 89.2 Å². The highest BCUT2D eigenvalue weighted by molar-refractivity contribution is 6.11. The molecule has 0 saturated heterocycles. The molecule has 0 saturated carbocycles. The summed E-state index contributed by atoms with van der Waals surface area (Å²) in [4.78, 5) is 17.0. The van der Waals surface area contributed by atoms with Crippen molar-refractivity contribution in [1.82, 2.24) is 24.1 Å². The van der Waals surface area contributed by atoms with E-state index >= 15 is 0 Å². The highest BCUT2D eigenvalue weighted by atomic mass is 15.3. The van der Waals surface area contributed by atoms with E-state index in [0.717, 1.165) is 60.7 Å². The van der Waals surface area contributed by atoms with Crippen LogP contribution in [-0.2, 0) is 21.7 Å². The van der Waals surface area contributed by atoms with Crippen LogP contribution < -0.4 is 0 Å². The molecule has 0 aliphatic carbocycles. The fraction of sp³-hybridized carbons (Fsp3) is 0.262. The molecule has 66 heavy (non-hydrogen) atoms. The van der Waals surface area contributed by atoms with Crippen LogP contribution in [0.15, 0.2) is 152 Å². The van der Waals surface area contributed by atoms with Crippen molar-refractivity contribution in [2.75, 3.05) is 0 Å². The quantitative estimate of drug-likeness (QED) is 0.173. The molecule has 0 unspecified atom stereocenters. The molecule has 0 fully saturated rings. The first-order chi connectivity index (χ1) is 31.3. The van der Waals surface area contributed by atoms with Gasteiger partial charge in [0.1, 0.15) is 0 Å². The van der Waals surface area contributed by atoms with E-state index in [4.69, 9.17) is 15.0 Å². The number of rotatable bonds is 5. The van der Waals surface area contributed by atoms with E-state index in [-0.39, 0.29) is 21.7 Å².